The van der Waals surface area contributed by atoms with Crippen LogP contribution < -0.4 is 5.43 Å². The van der Waals surface area contributed by atoms with Crippen LogP contribution in [0.1, 0.15) is 15.2 Å². The SMILES string of the molecule is O=C(NN1C(=O)/C(=C/c2ccc(O)c(I)c2)SC1=S)c1cccs1. The van der Waals surface area contributed by atoms with Gasteiger partial charge in [-0.1, -0.05) is 23.9 Å². The van der Waals surface area contributed by atoms with E-state index < -0.39 is 0 Å². The van der Waals surface area contributed by atoms with E-state index in [0.29, 0.717) is 13.4 Å². The molecule has 0 bridgehead atoms. The highest BCUT2D eigenvalue weighted by atomic mass is 127. The van der Waals surface area contributed by atoms with Gasteiger partial charge >= 0.3 is 0 Å². The number of phenols is 1. The first kappa shape index (κ1) is 17.4. The number of benzene rings is 1. The summed E-state index contributed by atoms with van der Waals surface area (Å²) in [7, 11) is 0. The molecule has 2 N–H and O–H groups in total. The number of phenolic OH excluding ortho intramolecular Hbond substituents is 1. The molecule has 0 aliphatic carbocycles. The lowest BCUT2D eigenvalue weighted by Crippen LogP contribution is -2.44. The first-order valence-electron chi connectivity index (χ1n) is 6.56. The van der Waals surface area contributed by atoms with Crippen LogP contribution in [0.2, 0.25) is 0 Å². The van der Waals surface area contributed by atoms with Crippen molar-refractivity contribution in [2.45, 2.75) is 0 Å². The molecule has 24 heavy (non-hydrogen) atoms. The lowest BCUT2D eigenvalue weighted by Gasteiger charge is -2.14. The fourth-order valence-corrected chi connectivity index (χ4v) is 4.23. The Morgan fingerprint density at radius 3 is 2.83 bits per heavy atom. The first-order chi connectivity index (χ1) is 11.5. The molecule has 9 heteroatoms. The van der Waals surface area contributed by atoms with Crippen LogP contribution in [0.25, 0.3) is 6.08 Å². The summed E-state index contributed by atoms with van der Waals surface area (Å²) in [6.07, 6.45) is 1.68. The molecule has 2 heterocycles. The van der Waals surface area contributed by atoms with Crippen molar-refractivity contribution >= 4 is 80.1 Å². The Morgan fingerprint density at radius 2 is 2.17 bits per heavy atom. The maximum Gasteiger partial charge on any atom is 0.285 e. The Labute approximate surface area is 164 Å². The number of rotatable bonds is 3. The second-order valence-electron chi connectivity index (χ2n) is 4.65. The number of thiophene rings is 1. The summed E-state index contributed by atoms with van der Waals surface area (Å²) in [5.41, 5.74) is 3.29. The molecule has 2 amide bonds. The zero-order valence-electron chi connectivity index (χ0n) is 11.9. The third-order valence-corrected chi connectivity index (χ3v) is 6.06. The van der Waals surface area contributed by atoms with Crippen molar-refractivity contribution in [3.8, 4) is 5.75 Å². The lowest BCUT2D eigenvalue weighted by molar-refractivity contribution is -0.123. The number of hydrazine groups is 1. The number of nitrogens with one attached hydrogen (secondary N) is 1. The summed E-state index contributed by atoms with van der Waals surface area (Å²) in [6.45, 7) is 0. The Balaban J connectivity index is 1.79. The Hall–Kier alpha value is -1.43. The van der Waals surface area contributed by atoms with Crippen molar-refractivity contribution in [2.24, 2.45) is 0 Å². The van der Waals surface area contributed by atoms with Gasteiger partial charge in [0.25, 0.3) is 11.8 Å². The minimum Gasteiger partial charge on any atom is -0.507 e. The Bertz CT molecular complexity index is 865. The number of thioether (sulfide) groups is 1. The first-order valence-corrected chi connectivity index (χ1v) is 9.75. The average Bonchev–Trinajstić information content (AvgIpc) is 3.16. The van der Waals surface area contributed by atoms with Gasteiger partial charge in [0.2, 0.25) is 0 Å². The standard InChI is InChI=1S/C15H9IN2O3S3/c16-9-6-8(3-4-10(9)19)7-12-14(21)18(15(22)24-12)17-13(20)11-2-1-5-23-11/h1-7,19H,(H,17,20)/b12-7-. The average molecular weight is 488 g/mol. The quantitative estimate of drug-likeness (QED) is 0.393. The van der Waals surface area contributed by atoms with Crippen LogP contribution in [-0.2, 0) is 4.79 Å². The van der Waals surface area contributed by atoms with Crippen molar-refractivity contribution < 1.29 is 14.7 Å². The monoisotopic (exact) mass is 488 g/mol. The third kappa shape index (κ3) is 3.63. The van der Waals surface area contributed by atoms with Gasteiger partial charge in [-0.25, -0.2) is 0 Å². The van der Waals surface area contributed by atoms with Crippen molar-refractivity contribution in [1.29, 1.82) is 0 Å². The summed E-state index contributed by atoms with van der Waals surface area (Å²) < 4.78 is 0.951. The van der Waals surface area contributed by atoms with E-state index in [1.165, 1.54) is 11.3 Å². The largest absolute Gasteiger partial charge is 0.507 e. The molecule has 1 aliphatic rings. The van der Waals surface area contributed by atoms with Crippen molar-refractivity contribution in [2.75, 3.05) is 0 Å². The van der Waals surface area contributed by atoms with E-state index in [1.807, 2.05) is 22.6 Å². The molecule has 0 atom stereocenters. The molecule has 5 nitrogen and oxygen atoms in total. The van der Waals surface area contributed by atoms with Crippen LogP contribution in [0, 0.1) is 3.57 Å². The summed E-state index contributed by atoms with van der Waals surface area (Å²) in [5.74, 6) is -0.566. The number of carbonyl (C=O) groups excluding carboxylic acids is 2. The lowest BCUT2D eigenvalue weighted by atomic mass is 10.2. The molecule has 0 radical (unpaired) electrons. The van der Waals surface area contributed by atoms with E-state index in [9.17, 15) is 14.7 Å². The van der Waals surface area contributed by atoms with Gasteiger partial charge in [0.05, 0.1) is 13.4 Å². The predicted molar refractivity (Wildman–Crippen MR) is 108 cm³/mol. The number of nitrogens with zero attached hydrogens (tertiary/aromatic N) is 1. The number of thiocarbonyl (C=S) groups is 1. The number of amides is 2. The van der Waals surface area contributed by atoms with E-state index in [4.69, 9.17) is 12.2 Å². The Kier molecular flexibility index (Phi) is 5.23. The smallest absolute Gasteiger partial charge is 0.285 e. The molecule has 3 rings (SSSR count). The van der Waals surface area contributed by atoms with E-state index in [2.05, 4.69) is 5.43 Å². The van der Waals surface area contributed by atoms with E-state index in [1.54, 1.807) is 41.8 Å². The van der Waals surface area contributed by atoms with E-state index in [-0.39, 0.29) is 21.9 Å². The van der Waals surface area contributed by atoms with Crippen LogP contribution >= 0.6 is 57.9 Å². The van der Waals surface area contributed by atoms with Crippen LogP contribution in [0.5, 0.6) is 5.75 Å². The van der Waals surface area contributed by atoms with Crippen molar-refractivity contribution in [1.82, 2.24) is 10.4 Å². The molecule has 1 saturated heterocycles. The number of hydrogen-bond acceptors (Lipinski definition) is 6. The third-order valence-electron chi connectivity index (χ3n) is 3.02. The zero-order valence-corrected chi connectivity index (χ0v) is 16.5. The number of halogens is 1. The highest BCUT2D eigenvalue weighted by Gasteiger charge is 2.33. The summed E-state index contributed by atoms with van der Waals surface area (Å²) in [6, 6.07) is 8.45. The maximum absolute atomic E-state index is 12.5. The van der Waals surface area contributed by atoms with Gasteiger partial charge < -0.3 is 5.11 Å². The molecule has 1 aliphatic heterocycles. The Morgan fingerprint density at radius 1 is 1.38 bits per heavy atom. The van der Waals surface area contributed by atoms with Crippen LogP contribution in [0.4, 0.5) is 0 Å². The van der Waals surface area contributed by atoms with Gasteiger partial charge in [0, 0.05) is 0 Å². The number of carbonyl (C=O) groups is 2. The predicted octanol–water partition coefficient (Wildman–Crippen LogP) is 3.60. The van der Waals surface area contributed by atoms with Crippen LogP contribution in [0.3, 0.4) is 0 Å². The molecule has 0 unspecified atom stereocenters. The molecule has 0 spiro atoms. The molecule has 1 aromatic carbocycles. The van der Waals surface area contributed by atoms with Crippen LogP contribution in [-0.4, -0.2) is 26.3 Å². The molecule has 122 valence electrons. The van der Waals surface area contributed by atoms with Crippen molar-refractivity contribution in [3.05, 3.63) is 54.6 Å². The van der Waals surface area contributed by atoms with Gasteiger partial charge in [-0.3, -0.25) is 15.0 Å². The number of aromatic hydroxyl groups is 1. The maximum atomic E-state index is 12.5. The summed E-state index contributed by atoms with van der Waals surface area (Å²) in [4.78, 5) is 25.5. The van der Waals surface area contributed by atoms with Gasteiger partial charge in [0.15, 0.2) is 4.32 Å². The fraction of sp³-hybridized carbons (Fsp3) is 0. The topological polar surface area (TPSA) is 69.6 Å². The second kappa shape index (κ2) is 7.21. The van der Waals surface area contributed by atoms with Crippen LogP contribution in [0.15, 0.2) is 40.6 Å². The molecular formula is C15H9IN2O3S3. The van der Waals surface area contributed by atoms with Gasteiger partial charge in [-0.2, -0.15) is 5.01 Å². The van der Waals surface area contributed by atoms with E-state index in [0.717, 1.165) is 22.3 Å². The number of hydrogen-bond donors (Lipinski definition) is 2. The molecule has 2 aromatic rings. The highest BCUT2D eigenvalue weighted by Crippen LogP contribution is 2.32. The molecule has 1 fully saturated rings. The van der Waals surface area contributed by atoms with Gasteiger partial charge in [-0.15, -0.1) is 11.3 Å². The minimum atomic E-state index is -0.377. The van der Waals surface area contributed by atoms with E-state index >= 15 is 0 Å². The summed E-state index contributed by atoms with van der Waals surface area (Å²) >= 11 is 9.59. The van der Waals surface area contributed by atoms with Crippen molar-refractivity contribution in [3.63, 3.8) is 0 Å². The second-order valence-corrected chi connectivity index (χ2v) is 8.43. The normalized spacial score (nSPS) is 16.0. The summed E-state index contributed by atoms with van der Waals surface area (Å²) in [5, 5.41) is 12.4. The minimum absolute atomic E-state index is 0.184. The van der Waals surface area contributed by atoms with Gasteiger partial charge in [-0.05, 0) is 70.0 Å². The highest BCUT2D eigenvalue weighted by molar-refractivity contribution is 14.1. The molecule has 1 aromatic heterocycles. The zero-order chi connectivity index (χ0) is 17.3. The van der Waals surface area contributed by atoms with Gasteiger partial charge in [0.1, 0.15) is 5.75 Å². The molecule has 0 saturated carbocycles. The fourth-order valence-electron chi connectivity index (χ4n) is 1.89. The molecular weight excluding hydrogens is 479 g/mol.